The van der Waals surface area contributed by atoms with Crippen LogP contribution in [0.1, 0.15) is 50.8 Å². The minimum absolute atomic E-state index is 0.0336. The summed E-state index contributed by atoms with van der Waals surface area (Å²) in [6.07, 6.45) is 2.32. The number of hydrogen-bond acceptors (Lipinski definition) is 3. The lowest BCUT2D eigenvalue weighted by Gasteiger charge is -2.12. The number of amides is 2. The van der Waals surface area contributed by atoms with Gasteiger partial charge < -0.3 is 10.6 Å². The van der Waals surface area contributed by atoms with Crippen molar-refractivity contribution in [2.24, 2.45) is 5.92 Å². The maximum Gasteiger partial charge on any atom is 0.224 e. The lowest BCUT2D eigenvalue weighted by Crippen LogP contribution is -2.26. The zero-order valence-corrected chi connectivity index (χ0v) is 15.7. The molecule has 138 valence electrons. The average molecular weight is 353 g/mol. The number of nitrogens with zero attached hydrogens (tertiary/aromatic N) is 1. The lowest BCUT2D eigenvalue weighted by atomic mass is 10.0. The summed E-state index contributed by atoms with van der Waals surface area (Å²) < 4.78 is 0. The van der Waals surface area contributed by atoms with E-state index in [-0.39, 0.29) is 17.7 Å². The van der Waals surface area contributed by atoms with Crippen LogP contribution < -0.4 is 10.6 Å². The number of rotatable bonds is 8. The van der Waals surface area contributed by atoms with E-state index in [1.54, 1.807) is 6.20 Å². The van der Waals surface area contributed by atoms with Crippen molar-refractivity contribution in [3.8, 4) is 0 Å². The molecule has 1 unspecified atom stereocenters. The highest BCUT2D eigenvalue weighted by Gasteiger charge is 2.14. The minimum atomic E-state index is -0.0766. The van der Waals surface area contributed by atoms with E-state index in [1.165, 1.54) is 5.56 Å². The molecule has 0 aliphatic carbocycles. The second-order valence-electron chi connectivity index (χ2n) is 6.94. The predicted octanol–water partition coefficient (Wildman–Crippen LogP) is 3.88. The summed E-state index contributed by atoms with van der Waals surface area (Å²) in [5.41, 5.74) is 2.84. The van der Waals surface area contributed by atoms with Crippen LogP contribution in [-0.2, 0) is 16.1 Å². The molecule has 1 atom stereocenters. The second kappa shape index (κ2) is 9.70. The molecule has 2 aromatic rings. The molecule has 1 aromatic heterocycles. The Hall–Kier alpha value is -2.69. The summed E-state index contributed by atoms with van der Waals surface area (Å²) in [7, 11) is 0. The third-order valence-electron chi connectivity index (χ3n) is 4.12. The highest BCUT2D eigenvalue weighted by Crippen LogP contribution is 2.18. The number of anilines is 1. The largest absolute Gasteiger partial charge is 0.350 e. The van der Waals surface area contributed by atoms with E-state index in [2.05, 4.69) is 29.5 Å². The van der Waals surface area contributed by atoms with Crippen LogP contribution in [0.4, 0.5) is 5.69 Å². The Balaban J connectivity index is 1.73. The van der Waals surface area contributed by atoms with E-state index in [0.29, 0.717) is 25.3 Å². The van der Waals surface area contributed by atoms with Gasteiger partial charge in [0.25, 0.3) is 0 Å². The van der Waals surface area contributed by atoms with E-state index in [4.69, 9.17) is 0 Å². The molecule has 5 nitrogen and oxygen atoms in total. The SMILES string of the molecule is CC(CC(=O)NCc1ccccn1)CC(=O)Nc1ccc(C(C)C)cc1. The molecule has 26 heavy (non-hydrogen) atoms. The Morgan fingerprint density at radius 1 is 0.962 bits per heavy atom. The van der Waals surface area contributed by atoms with Crippen molar-refractivity contribution in [1.29, 1.82) is 0 Å². The van der Waals surface area contributed by atoms with Crippen molar-refractivity contribution in [3.05, 3.63) is 59.9 Å². The monoisotopic (exact) mass is 353 g/mol. The van der Waals surface area contributed by atoms with Gasteiger partial charge in [-0.1, -0.05) is 39.0 Å². The molecule has 0 aliphatic heterocycles. The van der Waals surface area contributed by atoms with Gasteiger partial charge in [-0.3, -0.25) is 14.6 Å². The highest BCUT2D eigenvalue weighted by molar-refractivity contribution is 5.91. The summed E-state index contributed by atoms with van der Waals surface area (Å²) >= 11 is 0. The van der Waals surface area contributed by atoms with Gasteiger partial charge in [-0.15, -0.1) is 0 Å². The Morgan fingerprint density at radius 3 is 2.27 bits per heavy atom. The predicted molar refractivity (Wildman–Crippen MR) is 104 cm³/mol. The molecule has 0 aliphatic rings. The normalized spacial score (nSPS) is 11.8. The molecule has 5 heteroatoms. The standard InChI is InChI=1S/C21H27N3O2/c1-15(2)17-7-9-18(10-8-17)24-21(26)13-16(3)12-20(25)23-14-19-6-4-5-11-22-19/h4-11,15-16H,12-14H2,1-3H3,(H,23,25)(H,24,26). The summed E-state index contributed by atoms with van der Waals surface area (Å²) in [5, 5.41) is 5.73. The molecule has 0 bridgehead atoms. The fraction of sp³-hybridized carbons (Fsp3) is 0.381. The number of aromatic nitrogens is 1. The van der Waals surface area contributed by atoms with Gasteiger partial charge in [-0.05, 0) is 41.7 Å². The summed E-state index contributed by atoms with van der Waals surface area (Å²) in [6.45, 7) is 6.57. The molecular formula is C21H27N3O2. The van der Waals surface area contributed by atoms with E-state index in [0.717, 1.165) is 11.4 Å². The van der Waals surface area contributed by atoms with Crippen LogP contribution in [0.5, 0.6) is 0 Å². The Morgan fingerprint density at radius 2 is 1.65 bits per heavy atom. The fourth-order valence-corrected chi connectivity index (χ4v) is 2.63. The van der Waals surface area contributed by atoms with Crippen LogP contribution in [0.2, 0.25) is 0 Å². The van der Waals surface area contributed by atoms with Gasteiger partial charge in [0, 0.05) is 24.7 Å². The molecule has 0 spiro atoms. The second-order valence-corrected chi connectivity index (χ2v) is 6.94. The molecule has 2 N–H and O–H groups in total. The first kappa shape index (κ1) is 19.6. The third kappa shape index (κ3) is 6.67. The maximum absolute atomic E-state index is 12.1. The number of carbonyl (C=O) groups excluding carboxylic acids is 2. The first-order chi connectivity index (χ1) is 12.4. The first-order valence-electron chi connectivity index (χ1n) is 9.00. The van der Waals surface area contributed by atoms with E-state index in [9.17, 15) is 9.59 Å². The molecule has 2 amide bonds. The minimum Gasteiger partial charge on any atom is -0.350 e. The van der Waals surface area contributed by atoms with Crippen molar-refractivity contribution in [1.82, 2.24) is 10.3 Å². The summed E-state index contributed by atoms with van der Waals surface area (Å²) in [5.74, 6) is 0.280. The van der Waals surface area contributed by atoms with Gasteiger partial charge >= 0.3 is 0 Å². The lowest BCUT2D eigenvalue weighted by molar-refractivity contribution is -0.122. The van der Waals surface area contributed by atoms with Crippen LogP contribution in [0.15, 0.2) is 48.7 Å². The van der Waals surface area contributed by atoms with E-state index < -0.39 is 0 Å². The van der Waals surface area contributed by atoms with Gasteiger partial charge in [0.05, 0.1) is 12.2 Å². The van der Waals surface area contributed by atoms with Crippen molar-refractivity contribution in [2.45, 2.75) is 46.1 Å². The Kier molecular flexibility index (Phi) is 7.33. The number of pyridine rings is 1. The van der Waals surface area contributed by atoms with Crippen molar-refractivity contribution in [2.75, 3.05) is 5.32 Å². The first-order valence-corrected chi connectivity index (χ1v) is 9.00. The maximum atomic E-state index is 12.1. The molecule has 0 fully saturated rings. The van der Waals surface area contributed by atoms with Crippen LogP contribution in [0.25, 0.3) is 0 Å². The smallest absolute Gasteiger partial charge is 0.224 e. The molecule has 0 saturated carbocycles. The van der Waals surface area contributed by atoms with Crippen molar-refractivity contribution in [3.63, 3.8) is 0 Å². The van der Waals surface area contributed by atoms with Gasteiger partial charge in [0.1, 0.15) is 0 Å². The average Bonchev–Trinajstić information content (AvgIpc) is 2.61. The van der Waals surface area contributed by atoms with Gasteiger partial charge in [-0.25, -0.2) is 0 Å². The Bertz CT molecular complexity index is 712. The molecule has 0 radical (unpaired) electrons. The fourth-order valence-electron chi connectivity index (χ4n) is 2.63. The Labute approximate surface area is 155 Å². The zero-order valence-electron chi connectivity index (χ0n) is 15.7. The topological polar surface area (TPSA) is 71.1 Å². The summed E-state index contributed by atoms with van der Waals surface area (Å²) in [6, 6.07) is 13.5. The van der Waals surface area contributed by atoms with Gasteiger partial charge in [0.15, 0.2) is 0 Å². The van der Waals surface area contributed by atoms with Crippen LogP contribution in [0, 0.1) is 5.92 Å². The number of benzene rings is 1. The van der Waals surface area contributed by atoms with Crippen LogP contribution >= 0.6 is 0 Å². The van der Waals surface area contributed by atoms with Gasteiger partial charge in [-0.2, -0.15) is 0 Å². The number of nitrogens with one attached hydrogen (secondary N) is 2. The quantitative estimate of drug-likeness (QED) is 0.756. The van der Waals surface area contributed by atoms with E-state index >= 15 is 0 Å². The van der Waals surface area contributed by atoms with Gasteiger partial charge in [0.2, 0.25) is 11.8 Å². The third-order valence-corrected chi connectivity index (χ3v) is 4.12. The molecule has 0 saturated heterocycles. The van der Waals surface area contributed by atoms with Crippen molar-refractivity contribution >= 4 is 17.5 Å². The van der Waals surface area contributed by atoms with Crippen molar-refractivity contribution < 1.29 is 9.59 Å². The number of carbonyl (C=O) groups is 2. The molecular weight excluding hydrogens is 326 g/mol. The van der Waals surface area contributed by atoms with Crippen LogP contribution in [-0.4, -0.2) is 16.8 Å². The highest BCUT2D eigenvalue weighted by atomic mass is 16.2. The van der Waals surface area contributed by atoms with E-state index in [1.807, 2.05) is 49.4 Å². The molecule has 2 rings (SSSR count). The zero-order chi connectivity index (χ0) is 18.9. The number of hydrogen-bond donors (Lipinski definition) is 2. The van der Waals surface area contributed by atoms with Crippen LogP contribution in [0.3, 0.4) is 0 Å². The molecule has 1 heterocycles. The molecule has 1 aromatic carbocycles. The summed E-state index contributed by atoms with van der Waals surface area (Å²) in [4.78, 5) is 28.3.